The third kappa shape index (κ3) is 5.19. The fourth-order valence-corrected chi connectivity index (χ4v) is 2.74. The fourth-order valence-electron chi connectivity index (χ4n) is 2.48. The Bertz CT molecular complexity index is 832. The van der Waals surface area contributed by atoms with Crippen LogP contribution in [0.4, 0.5) is 5.69 Å². The van der Waals surface area contributed by atoms with Gasteiger partial charge in [-0.2, -0.15) is 0 Å². The van der Waals surface area contributed by atoms with Crippen LogP contribution in [0, 0.1) is 0 Å². The molecule has 0 aromatic heterocycles. The number of carbonyl (C=O) groups is 1. The van der Waals surface area contributed by atoms with Gasteiger partial charge in [0.05, 0.1) is 0 Å². The van der Waals surface area contributed by atoms with Gasteiger partial charge in [-0.25, -0.2) is 0 Å². The number of rotatable bonds is 6. The lowest BCUT2D eigenvalue weighted by molar-refractivity contribution is -0.118. The van der Waals surface area contributed by atoms with Gasteiger partial charge in [0, 0.05) is 16.6 Å². The van der Waals surface area contributed by atoms with Crippen LogP contribution in [0.1, 0.15) is 11.1 Å². The molecule has 0 saturated carbocycles. The maximum Gasteiger partial charge on any atom is 0.262 e. The summed E-state index contributed by atoms with van der Waals surface area (Å²) in [6, 6.07) is 25.4. The van der Waals surface area contributed by atoms with Crippen LogP contribution in [0.25, 0.3) is 0 Å². The molecule has 0 saturated heterocycles. The molecule has 0 bridgehead atoms. The lowest BCUT2D eigenvalue weighted by Crippen LogP contribution is -2.20. The number of para-hydroxylation sites is 1. The maximum atomic E-state index is 12.1. The Balaban J connectivity index is 1.61. The SMILES string of the molecule is O=C(COc1ccccc1Cc1ccccc1)Nc1ccc(Br)cc1. The van der Waals surface area contributed by atoms with E-state index in [1.807, 2.05) is 66.7 Å². The third-order valence-corrected chi connectivity index (χ3v) is 4.23. The number of hydrogen-bond acceptors (Lipinski definition) is 2. The highest BCUT2D eigenvalue weighted by molar-refractivity contribution is 9.10. The van der Waals surface area contributed by atoms with Crippen LogP contribution in [0.2, 0.25) is 0 Å². The Kier molecular flexibility index (Phi) is 5.86. The maximum absolute atomic E-state index is 12.1. The molecule has 0 aliphatic carbocycles. The summed E-state index contributed by atoms with van der Waals surface area (Å²) < 4.78 is 6.71. The summed E-state index contributed by atoms with van der Waals surface area (Å²) >= 11 is 3.37. The Morgan fingerprint density at radius 3 is 2.32 bits per heavy atom. The number of nitrogens with one attached hydrogen (secondary N) is 1. The van der Waals surface area contributed by atoms with Crippen molar-refractivity contribution < 1.29 is 9.53 Å². The third-order valence-electron chi connectivity index (χ3n) is 3.70. The number of halogens is 1. The van der Waals surface area contributed by atoms with Gasteiger partial charge < -0.3 is 10.1 Å². The van der Waals surface area contributed by atoms with Crippen molar-refractivity contribution >= 4 is 27.5 Å². The quantitative estimate of drug-likeness (QED) is 0.633. The van der Waals surface area contributed by atoms with Gasteiger partial charge in [-0.1, -0.05) is 64.5 Å². The van der Waals surface area contributed by atoms with E-state index in [4.69, 9.17) is 4.74 Å². The largest absolute Gasteiger partial charge is 0.483 e. The second kappa shape index (κ2) is 8.49. The number of ether oxygens (including phenoxy) is 1. The van der Waals surface area contributed by atoms with Gasteiger partial charge in [0.1, 0.15) is 5.75 Å². The Morgan fingerprint density at radius 1 is 0.880 bits per heavy atom. The van der Waals surface area contributed by atoms with Crippen LogP contribution in [-0.4, -0.2) is 12.5 Å². The molecule has 3 aromatic rings. The lowest BCUT2D eigenvalue weighted by atomic mass is 10.0. The minimum absolute atomic E-state index is 0.0259. The predicted octanol–water partition coefficient (Wildman–Crippen LogP) is 5.06. The Hall–Kier alpha value is -2.59. The zero-order valence-electron chi connectivity index (χ0n) is 13.6. The summed E-state index contributed by atoms with van der Waals surface area (Å²) in [5, 5.41) is 2.82. The van der Waals surface area contributed by atoms with Crippen LogP contribution in [0.5, 0.6) is 5.75 Å². The lowest BCUT2D eigenvalue weighted by Gasteiger charge is -2.12. The van der Waals surface area contributed by atoms with Gasteiger partial charge >= 0.3 is 0 Å². The highest BCUT2D eigenvalue weighted by atomic mass is 79.9. The summed E-state index contributed by atoms with van der Waals surface area (Å²) in [7, 11) is 0. The summed E-state index contributed by atoms with van der Waals surface area (Å²) in [5.74, 6) is 0.550. The van der Waals surface area contributed by atoms with E-state index >= 15 is 0 Å². The molecule has 0 heterocycles. The number of amides is 1. The van der Waals surface area contributed by atoms with Crippen LogP contribution in [0.3, 0.4) is 0 Å². The zero-order chi connectivity index (χ0) is 17.5. The first kappa shape index (κ1) is 17.2. The molecule has 25 heavy (non-hydrogen) atoms. The summed E-state index contributed by atoms with van der Waals surface area (Å²) in [5.41, 5.74) is 3.01. The van der Waals surface area contributed by atoms with E-state index in [-0.39, 0.29) is 12.5 Å². The zero-order valence-corrected chi connectivity index (χ0v) is 15.2. The molecule has 1 N–H and O–H groups in total. The van der Waals surface area contributed by atoms with E-state index in [0.29, 0.717) is 0 Å². The van der Waals surface area contributed by atoms with Crippen LogP contribution >= 0.6 is 15.9 Å². The first-order chi connectivity index (χ1) is 12.2. The minimum Gasteiger partial charge on any atom is -0.483 e. The molecule has 0 atom stereocenters. The second-order valence-corrected chi connectivity index (χ2v) is 6.53. The average molecular weight is 396 g/mol. The molecule has 1 amide bonds. The van der Waals surface area contributed by atoms with Crippen molar-refractivity contribution in [2.45, 2.75) is 6.42 Å². The van der Waals surface area contributed by atoms with Crippen molar-refractivity contribution in [3.63, 3.8) is 0 Å². The molecular weight excluding hydrogens is 378 g/mol. The molecule has 3 rings (SSSR count). The van der Waals surface area contributed by atoms with E-state index in [1.54, 1.807) is 0 Å². The fraction of sp³-hybridized carbons (Fsp3) is 0.0952. The number of benzene rings is 3. The Labute approximate surface area is 155 Å². The normalized spacial score (nSPS) is 10.3. The van der Waals surface area contributed by atoms with Gasteiger partial charge in [-0.3, -0.25) is 4.79 Å². The standard InChI is InChI=1S/C21H18BrNO2/c22-18-10-12-19(13-11-18)23-21(24)15-25-20-9-5-4-8-17(20)14-16-6-2-1-3-7-16/h1-13H,14-15H2,(H,23,24). The molecular formula is C21H18BrNO2. The van der Waals surface area contributed by atoms with Crippen molar-refractivity contribution in [1.29, 1.82) is 0 Å². The first-order valence-corrected chi connectivity index (χ1v) is 8.80. The van der Waals surface area contributed by atoms with Crippen LogP contribution in [-0.2, 0) is 11.2 Å². The van der Waals surface area contributed by atoms with E-state index in [9.17, 15) is 4.79 Å². The van der Waals surface area contributed by atoms with Gasteiger partial charge in [-0.15, -0.1) is 0 Å². The van der Waals surface area contributed by atoms with Crippen molar-refractivity contribution in [2.75, 3.05) is 11.9 Å². The number of carbonyl (C=O) groups excluding carboxylic acids is 1. The molecule has 4 heteroatoms. The predicted molar refractivity (Wildman–Crippen MR) is 104 cm³/mol. The summed E-state index contributed by atoms with van der Waals surface area (Å²) in [6.45, 7) is -0.0259. The van der Waals surface area contributed by atoms with E-state index in [0.717, 1.165) is 27.9 Å². The molecule has 0 spiro atoms. The van der Waals surface area contributed by atoms with Gasteiger partial charge in [0.2, 0.25) is 0 Å². The highest BCUT2D eigenvalue weighted by Gasteiger charge is 2.08. The molecule has 0 aliphatic heterocycles. The number of anilines is 1. The molecule has 0 radical (unpaired) electrons. The van der Waals surface area contributed by atoms with Crippen molar-refractivity contribution in [3.8, 4) is 5.75 Å². The van der Waals surface area contributed by atoms with Crippen molar-refractivity contribution in [1.82, 2.24) is 0 Å². The van der Waals surface area contributed by atoms with Crippen LogP contribution in [0.15, 0.2) is 83.3 Å². The molecule has 0 unspecified atom stereocenters. The molecule has 0 aliphatic rings. The molecule has 0 fully saturated rings. The monoisotopic (exact) mass is 395 g/mol. The van der Waals surface area contributed by atoms with Crippen molar-refractivity contribution in [3.05, 3.63) is 94.5 Å². The van der Waals surface area contributed by atoms with E-state index in [1.165, 1.54) is 5.56 Å². The second-order valence-electron chi connectivity index (χ2n) is 5.61. The van der Waals surface area contributed by atoms with E-state index < -0.39 is 0 Å². The smallest absolute Gasteiger partial charge is 0.262 e. The topological polar surface area (TPSA) is 38.3 Å². The molecule has 126 valence electrons. The molecule has 3 nitrogen and oxygen atoms in total. The van der Waals surface area contributed by atoms with E-state index in [2.05, 4.69) is 33.4 Å². The molecule has 3 aromatic carbocycles. The van der Waals surface area contributed by atoms with Crippen LogP contribution < -0.4 is 10.1 Å². The Morgan fingerprint density at radius 2 is 1.56 bits per heavy atom. The van der Waals surface area contributed by atoms with Gasteiger partial charge in [0.25, 0.3) is 5.91 Å². The summed E-state index contributed by atoms with van der Waals surface area (Å²) in [6.07, 6.45) is 0.769. The minimum atomic E-state index is -0.183. The summed E-state index contributed by atoms with van der Waals surface area (Å²) in [4.78, 5) is 12.1. The van der Waals surface area contributed by atoms with Gasteiger partial charge in [0.15, 0.2) is 6.61 Å². The number of hydrogen-bond donors (Lipinski definition) is 1. The van der Waals surface area contributed by atoms with Crippen molar-refractivity contribution in [2.24, 2.45) is 0 Å². The first-order valence-electron chi connectivity index (χ1n) is 8.01. The van der Waals surface area contributed by atoms with Gasteiger partial charge in [-0.05, 0) is 41.5 Å². The highest BCUT2D eigenvalue weighted by Crippen LogP contribution is 2.21. The average Bonchev–Trinajstić information content (AvgIpc) is 2.64.